The fourth-order valence-electron chi connectivity index (χ4n) is 4.15. The number of carbonyl (C=O) groups excluding carboxylic acids is 2. The predicted octanol–water partition coefficient (Wildman–Crippen LogP) is 2.03. The number of amides is 2. The average molecular weight is 426 g/mol. The molecule has 1 saturated carbocycles. The topological polar surface area (TPSA) is 86.8 Å². The summed E-state index contributed by atoms with van der Waals surface area (Å²) in [7, 11) is -3.67. The van der Waals surface area contributed by atoms with Gasteiger partial charge in [0.2, 0.25) is 21.8 Å². The maximum Gasteiger partial charge on any atom is 0.247 e. The fourth-order valence-corrected chi connectivity index (χ4v) is 5.27. The highest BCUT2D eigenvalue weighted by Gasteiger charge is 2.51. The Morgan fingerprint density at radius 2 is 1.97 bits per heavy atom. The molecule has 7 nitrogen and oxygen atoms in total. The zero-order chi connectivity index (χ0) is 21.2. The van der Waals surface area contributed by atoms with Crippen LogP contribution in [0.1, 0.15) is 46.0 Å². The van der Waals surface area contributed by atoms with Gasteiger partial charge < -0.3 is 5.32 Å². The minimum Gasteiger partial charge on any atom is -0.351 e. The van der Waals surface area contributed by atoms with Gasteiger partial charge in [-0.1, -0.05) is 25.3 Å². The van der Waals surface area contributed by atoms with Crippen molar-refractivity contribution in [2.24, 2.45) is 0 Å². The van der Waals surface area contributed by atoms with Gasteiger partial charge in [-0.25, -0.2) is 12.8 Å². The van der Waals surface area contributed by atoms with Crippen molar-refractivity contribution in [2.75, 3.05) is 23.7 Å². The first-order valence-corrected chi connectivity index (χ1v) is 11.7. The van der Waals surface area contributed by atoms with Crippen molar-refractivity contribution in [1.82, 2.24) is 9.62 Å². The molecule has 2 amide bonds. The van der Waals surface area contributed by atoms with Crippen LogP contribution in [0.2, 0.25) is 0 Å². The standard InChI is InChI=1S/C20H28FN3O4S/c1-3-29(27,28)23-13-18(25)24(17-11-7-8-15(21)12-17)20(2,14-23)19(26)22-16-9-5-4-6-10-16/h7-8,11-12,16H,3-6,9-10,13-14H2,1-2H3,(H,22,26)/t20-/m1/s1. The lowest BCUT2D eigenvalue weighted by Crippen LogP contribution is -2.71. The van der Waals surface area contributed by atoms with Gasteiger partial charge in [0, 0.05) is 18.3 Å². The minimum atomic E-state index is -3.67. The molecule has 160 valence electrons. The van der Waals surface area contributed by atoms with Crippen molar-refractivity contribution < 1.29 is 22.4 Å². The van der Waals surface area contributed by atoms with Crippen LogP contribution in [0.5, 0.6) is 0 Å². The second-order valence-electron chi connectivity index (χ2n) is 7.96. The van der Waals surface area contributed by atoms with E-state index in [4.69, 9.17) is 0 Å². The van der Waals surface area contributed by atoms with Crippen molar-refractivity contribution >= 4 is 27.5 Å². The SMILES string of the molecule is CCS(=O)(=O)N1CC(=O)N(c2cccc(F)c2)[C@@](C)(C(=O)NC2CCCCC2)C1. The van der Waals surface area contributed by atoms with Gasteiger partial charge in [0.25, 0.3) is 0 Å². The van der Waals surface area contributed by atoms with Crippen LogP contribution in [0.15, 0.2) is 24.3 Å². The summed E-state index contributed by atoms with van der Waals surface area (Å²) in [6, 6.07) is 5.46. The number of nitrogens with zero attached hydrogens (tertiary/aromatic N) is 2. The summed E-state index contributed by atoms with van der Waals surface area (Å²) in [5.74, 6) is -1.67. The first-order valence-electron chi connectivity index (χ1n) is 10.0. The predicted molar refractivity (Wildman–Crippen MR) is 108 cm³/mol. The van der Waals surface area contributed by atoms with Crippen molar-refractivity contribution in [3.05, 3.63) is 30.1 Å². The third-order valence-corrected chi connectivity index (χ3v) is 7.57. The number of sulfonamides is 1. The number of halogens is 1. The Morgan fingerprint density at radius 3 is 2.59 bits per heavy atom. The second-order valence-corrected chi connectivity index (χ2v) is 10.2. The molecule has 0 spiro atoms. The van der Waals surface area contributed by atoms with Crippen LogP contribution in [0.3, 0.4) is 0 Å². The maximum absolute atomic E-state index is 13.9. The molecule has 1 aliphatic heterocycles. The van der Waals surface area contributed by atoms with Crippen molar-refractivity contribution in [3.8, 4) is 0 Å². The molecular weight excluding hydrogens is 397 g/mol. The van der Waals surface area contributed by atoms with Crippen LogP contribution in [0.4, 0.5) is 10.1 Å². The number of piperazine rings is 1. The summed E-state index contributed by atoms with van der Waals surface area (Å²) in [5.41, 5.74) is -1.24. The summed E-state index contributed by atoms with van der Waals surface area (Å²) in [5, 5.41) is 3.01. The molecule has 1 aromatic rings. The summed E-state index contributed by atoms with van der Waals surface area (Å²) < 4.78 is 39.8. The Hall–Kier alpha value is -2.00. The molecule has 1 saturated heterocycles. The van der Waals surface area contributed by atoms with Gasteiger partial charge in [0.05, 0.1) is 12.3 Å². The summed E-state index contributed by atoms with van der Waals surface area (Å²) >= 11 is 0. The van der Waals surface area contributed by atoms with Gasteiger partial charge in [0.1, 0.15) is 11.4 Å². The lowest BCUT2D eigenvalue weighted by Gasteiger charge is -2.47. The lowest BCUT2D eigenvalue weighted by molar-refractivity contribution is -0.133. The van der Waals surface area contributed by atoms with Crippen LogP contribution < -0.4 is 10.2 Å². The monoisotopic (exact) mass is 425 g/mol. The van der Waals surface area contributed by atoms with Gasteiger partial charge in [-0.15, -0.1) is 0 Å². The number of hydrogen-bond donors (Lipinski definition) is 1. The Kier molecular flexibility index (Phi) is 6.28. The fraction of sp³-hybridized carbons (Fsp3) is 0.600. The van der Waals surface area contributed by atoms with E-state index < -0.39 is 33.2 Å². The molecule has 29 heavy (non-hydrogen) atoms. The quantitative estimate of drug-likeness (QED) is 0.782. The second kappa shape index (κ2) is 8.39. The van der Waals surface area contributed by atoms with Crippen molar-refractivity contribution in [3.63, 3.8) is 0 Å². The molecule has 1 N–H and O–H groups in total. The highest BCUT2D eigenvalue weighted by Crippen LogP contribution is 2.32. The van der Waals surface area contributed by atoms with E-state index >= 15 is 0 Å². The van der Waals surface area contributed by atoms with Crippen molar-refractivity contribution in [2.45, 2.75) is 57.5 Å². The van der Waals surface area contributed by atoms with Crippen molar-refractivity contribution in [1.29, 1.82) is 0 Å². The van der Waals surface area contributed by atoms with E-state index in [1.165, 1.54) is 30.0 Å². The Balaban J connectivity index is 1.98. The number of benzene rings is 1. The third-order valence-electron chi connectivity index (χ3n) is 5.79. The smallest absolute Gasteiger partial charge is 0.247 e. The summed E-state index contributed by atoms with van der Waals surface area (Å²) in [4.78, 5) is 27.6. The Bertz CT molecular complexity index is 885. The van der Waals surface area contributed by atoms with E-state index in [2.05, 4.69) is 5.32 Å². The molecular formula is C20H28FN3O4S. The number of hydrogen-bond acceptors (Lipinski definition) is 4. The third kappa shape index (κ3) is 4.45. The molecule has 1 aliphatic carbocycles. The van der Waals surface area contributed by atoms with Crippen LogP contribution in [0.25, 0.3) is 0 Å². The molecule has 9 heteroatoms. The highest BCUT2D eigenvalue weighted by atomic mass is 32.2. The Labute approximate surface area is 171 Å². The first-order chi connectivity index (χ1) is 13.7. The molecule has 2 fully saturated rings. The van der Waals surface area contributed by atoms with E-state index in [-0.39, 0.29) is 30.6 Å². The summed E-state index contributed by atoms with van der Waals surface area (Å²) in [6.07, 6.45) is 4.87. The van der Waals surface area contributed by atoms with E-state index in [1.54, 1.807) is 13.0 Å². The molecule has 2 aliphatic rings. The molecule has 0 unspecified atom stereocenters. The number of nitrogens with one attached hydrogen (secondary N) is 1. The molecule has 3 rings (SSSR count). The maximum atomic E-state index is 13.9. The van der Waals surface area contributed by atoms with Crippen LogP contribution >= 0.6 is 0 Å². The van der Waals surface area contributed by atoms with Crippen LogP contribution in [0, 0.1) is 5.82 Å². The zero-order valence-corrected chi connectivity index (χ0v) is 17.7. The van der Waals surface area contributed by atoms with Crippen LogP contribution in [-0.4, -0.2) is 55.0 Å². The first kappa shape index (κ1) is 21.7. The molecule has 0 aromatic heterocycles. The number of carbonyl (C=O) groups is 2. The van der Waals surface area contributed by atoms with Gasteiger partial charge in [-0.2, -0.15) is 4.31 Å². The molecule has 0 radical (unpaired) electrons. The lowest BCUT2D eigenvalue weighted by atomic mass is 9.91. The summed E-state index contributed by atoms with van der Waals surface area (Å²) in [6.45, 7) is 2.49. The van der Waals surface area contributed by atoms with Gasteiger partial charge in [-0.05, 0) is 44.9 Å². The van der Waals surface area contributed by atoms with Gasteiger partial charge >= 0.3 is 0 Å². The average Bonchev–Trinajstić information content (AvgIpc) is 2.68. The Morgan fingerprint density at radius 1 is 1.28 bits per heavy atom. The normalized spacial score (nSPS) is 24.5. The van der Waals surface area contributed by atoms with E-state index in [0.717, 1.165) is 36.4 Å². The van der Waals surface area contributed by atoms with E-state index in [0.29, 0.717) is 0 Å². The zero-order valence-electron chi connectivity index (χ0n) is 16.9. The number of rotatable bonds is 5. The van der Waals surface area contributed by atoms with Crippen LogP contribution in [-0.2, 0) is 19.6 Å². The van der Waals surface area contributed by atoms with E-state index in [9.17, 15) is 22.4 Å². The number of anilines is 1. The largest absolute Gasteiger partial charge is 0.351 e. The van der Waals surface area contributed by atoms with Gasteiger partial charge in [-0.3, -0.25) is 14.5 Å². The minimum absolute atomic E-state index is 0.00399. The van der Waals surface area contributed by atoms with Gasteiger partial charge in [0.15, 0.2) is 0 Å². The van der Waals surface area contributed by atoms with E-state index in [1.807, 2.05) is 0 Å². The molecule has 0 bridgehead atoms. The highest BCUT2D eigenvalue weighted by molar-refractivity contribution is 7.89. The molecule has 1 aromatic carbocycles. The molecule has 1 atom stereocenters. The molecule has 1 heterocycles.